The maximum absolute atomic E-state index is 11.9. The number of amides is 2. The van der Waals surface area contributed by atoms with Gasteiger partial charge in [0.25, 0.3) is 0 Å². The van der Waals surface area contributed by atoms with Gasteiger partial charge in [-0.25, -0.2) is 9.59 Å². The van der Waals surface area contributed by atoms with Crippen LogP contribution in [0.5, 0.6) is 0 Å². The minimum Gasteiger partial charge on any atom is -0.478 e. The van der Waals surface area contributed by atoms with Crippen LogP contribution in [-0.4, -0.2) is 36.4 Å². The van der Waals surface area contributed by atoms with E-state index in [-0.39, 0.29) is 23.7 Å². The van der Waals surface area contributed by atoms with Gasteiger partial charge in [-0.3, -0.25) is 0 Å². The summed E-state index contributed by atoms with van der Waals surface area (Å²) < 4.78 is 5.15. The molecule has 0 heterocycles. The van der Waals surface area contributed by atoms with E-state index in [0.717, 1.165) is 18.4 Å². The third kappa shape index (κ3) is 3.52. The molecule has 0 aliphatic heterocycles. The standard InChI is InChI=1S/C15H20N2O4/c1-8-4-10(7-13(9(8)2)14(18)19)16-15(20)17-11-5-12(6-11)21-3/h4,7,11-12H,5-6H2,1-3H3,(H,18,19)(H2,16,17,20). The zero-order valence-electron chi connectivity index (χ0n) is 12.4. The predicted octanol–water partition coefficient (Wildman–Crippen LogP) is 2.30. The maximum Gasteiger partial charge on any atom is 0.336 e. The van der Waals surface area contributed by atoms with E-state index in [0.29, 0.717) is 11.3 Å². The molecule has 0 radical (unpaired) electrons. The second-order valence-electron chi connectivity index (χ2n) is 5.40. The number of rotatable bonds is 4. The summed E-state index contributed by atoms with van der Waals surface area (Å²) in [7, 11) is 1.66. The molecule has 0 atom stereocenters. The van der Waals surface area contributed by atoms with Gasteiger partial charge >= 0.3 is 12.0 Å². The van der Waals surface area contributed by atoms with Crippen LogP contribution in [0.25, 0.3) is 0 Å². The van der Waals surface area contributed by atoms with Crippen molar-refractivity contribution in [3.8, 4) is 0 Å². The Morgan fingerprint density at radius 3 is 2.52 bits per heavy atom. The van der Waals surface area contributed by atoms with Crippen molar-refractivity contribution in [2.75, 3.05) is 12.4 Å². The molecule has 0 bridgehead atoms. The smallest absolute Gasteiger partial charge is 0.336 e. The SMILES string of the molecule is COC1CC(NC(=O)Nc2cc(C)c(C)c(C(=O)O)c2)C1. The molecule has 1 aliphatic carbocycles. The lowest BCUT2D eigenvalue weighted by Crippen LogP contribution is -2.48. The van der Waals surface area contributed by atoms with Crippen molar-refractivity contribution in [1.82, 2.24) is 5.32 Å². The number of hydrogen-bond donors (Lipinski definition) is 3. The molecule has 0 spiro atoms. The van der Waals surface area contributed by atoms with Gasteiger partial charge in [-0.2, -0.15) is 0 Å². The second kappa shape index (κ2) is 6.13. The average Bonchev–Trinajstić information content (AvgIpc) is 2.37. The molecule has 1 fully saturated rings. The molecule has 6 heteroatoms. The van der Waals surface area contributed by atoms with E-state index >= 15 is 0 Å². The summed E-state index contributed by atoms with van der Waals surface area (Å²) in [6.45, 7) is 3.57. The van der Waals surface area contributed by atoms with Crippen LogP contribution in [0.1, 0.15) is 34.3 Å². The molecule has 6 nitrogen and oxygen atoms in total. The molecule has 0 unspecified atom stereocenters. The first kappa shape index (κ1) is 15.3. The van der Waals surface area contributed by atoms with Gasteiger partial charge < -0.3 is 20.5 Å². The highest BCUT2D eigenvalue weighted by atomic mass is 16.5. The monoisotopic (exact) mass is 292 g/mol. The van der Waals surface area contributed by atoms with Crippen LogP contribution in [0.2, 0.25) is 0 Å². The van der Waals surface area contributed by atoms with E-state index < -0.39 is 5.97 Å². The van der Waals surface area contributed by atoms with Crippen LogP contribution in [0, 0.1) is 13.8 Å². The summed E-state index contributed by atoms with van der Waals surface area (Å²) >= 11 is 0. The lowest BCUT2D eigenvalue weighted by atomic mass is 9.89. The van der Waals surface area contributed by atoms with Crippen molar-refractivity contribution in [3.63, 3.8) is 0 Å². The molecular weight excluding hydrogens is 272 g/mol. The molecule has 2 rings (SSSR count). The van der Waals surface area contributed by atoms with Crippen LogP contribution < -0.4 is 10.6 Å². The minimum atomic E-state index is -0.999. The summed E-state index contributed by atoms with van der Waals surface area (Å²) in [5, 5.41) is 14.7. The lowest BCUT2D eigenvalue weighted by molar-refractivity contribution is 0.0210. The number of carbonyl (C=O) groups is 2. The van der Waals surface area contributed by atoms with E-state index in [1.807, 2.05) is 6.92 Å². The average molecular weight is 292 g/mol. The van der Waals surface area contributed by atoms with Gasteiger partial charge in [-0.1, -0.05) is 0 Å². The highest BCUT2D eigenvalue weighted by Crippen LogP contribution is 2.23. The van der Waals surface area contributed by atoms with E-state index in [4.69, 9.17) is 9.84 Å². The number of anilines is 1. The molecule has 0 aromatic heterocycles. The van der Waals surface area contributed by atoms with E-state index in [1.54, 1.807) is 20.1 Å². The number of benzene rings is 1. The van der Waals surface area contributed by atoms with Gasteiger partial charge in [0.15, 0.2) is 0 Å². The molecule has 1 aromatic rings. The lowest BCUT2D eigenvalue weighted by Gasteiger charge is -2.34. The fourth-order valence-electron chi connectivity index (χ4n) is 2.38. The van der Waals surface area contributed by atoms with Crippen molar-refractivity contribution in [2.45, 2.75) is 38.8 Å². The van der Waals surface area contributed by atoms with Crippen LogP contribution in [0.15, 0.2) is 12.1 Å². The Morgan fingerprint density at radius 1 is 1.29 bits per heavy atom. The van der Waals surface area contributed by atoms with Crippen molar-refractivity contribution in [1.29, 1.82) is 0 Å². The molecule has 1 aliphatic rings. The fourth-order valence-corrected chi connectivity index (χ4v) is 2.38. The Labute approximate surface area is 123 Å². The third-order valence-corrected chi connectivity index (χ3v) is 3.92. The quantitative estimate of drug-likeness (QED) is 0.794. The topological polar surface area (TPSA) is 87.7 Å². The van der Waals surface area contributed by atoms with Crippen LogP contribution >= 0.6 is 0 Å². The second-order valence-corrected chi connectivity index (χ2v) is 5.40. The van der Waals surface area contributed by atoms with Gasteiger partial charge in [-0.15, -0.1) is 0 Å². The molecular formula is C15H20N2O4. The first-order valence-corrected chi connectivity index (χ1v) is 6.85. The fraction of sp³-hybridized carbons (Fsp3) is 0.467. The number of carboxylic acid groups (broad SMARTS) is 1. The molecule has 2 amide bonds. The number of aryl methyl sites for hydroxylation is 1. The Morgan fingerprint density at radius 2 is 1.95 bits per heavy atom. The van der Waals surface area contributed by atoms with E-state index in [2.05, 4.69) is 10.6 Å². The largest absolute Gasteiger partial charge is 0.478 e. The predicted molar refractivity (Wildman–Crippen MR) is 78.8 cm³/mol. The number of nitrogens with one attached hydrogen (secondary N) is 2. The number of aromatic carboxylic acids is 1. The molecule has 0 saturated heterocycles. The Kier molecular flexibility index (Phi) is 4.47. The van der Waals surface area contributed by atoms with Crippen molar-refractivity contribution in [3.05, 3.63) is 28.8 Å². The van der Waals surface area contributed by atoms with Gasteiger partial charge in [0.2, 0.25) is 0 Å². The molecule has 1 aromatic carbocycles. The number of carboxylic acids is 1. The van der Waals surface area contributed by atoms with Gasteiger partial charge in [0.05, 0.1) is 11.7 Å². The molecule has 21 heavy (non-hydrogen) atoms. The summed E-state index contributed by atoms with van der Waals surface area (Å²) in [5.41, 5.74) is 2.22. The number of hydrogen-bond acceptors (Lipinski definition) is 3. The number of methoxy groups -OCH3 is 1. The normalized spacial score (nSPS) is 20.5. The Hall–Kier alpha value is -2.08. The number of carbonyl (C=O) groups excluding carboxylic acids is 1. The van der Waals surface area contributed by atoms with Crippen molar-refractivity contribution >= 4 is 17.7 Å². The minimum absolute atomic E-state index is 0.112. The van der Waals surface area contributed by atoms with Gasteiger partial charge in [-0.05, 0) is 49.9 Å². The van der Waals surface area contributed by atoms with E-state index in [1.165, 1.54) is 6.07 Å². The zero-order valence-corrected chi connectivity index (χ0v) is 12.4. The summed E-state index contributed by atoms with van der Waals surface area (Å²) in [6.07, 6.45) is 1.82. The molecule has 3 N–H and O–H groups in total. The summed E-state index contributed by atoms with van der Waals surface area (Å²) in [5.74, 6) is -0.999. The van der Waals surface area contributed by atoms with Crippen molar-refractivity contribution in [2.24, 2.45) is 0 Å². The first-order chi connectivity index (χ1) is 9.90. The summed E-state index contributed by atoms with van der Waals surface area (Å²) in [6, 6.07) is 3.03. The van der Waals surface area contributed by atoms with Gasteiger partial charge in [0, 0.05) is 18.8 Å². The Balaban J connectivity index is 1.99. The maximum atomic E-state index is 11.9. The number of urea groups is 1. The third-order valence-electron chi connectivity index (χ3n) is 3.92. The highest BCUT2D eigenvalue weighted by molar-refractivity contribution is 5.94. The van der Waals surface area contributed by atoms with Crippen LogP contribution in [0.4, 0.5) is 10.5 Å². The van der Waals surface area contributed by atoms with Gasteiger partial charge in [0.1, 0.15) is 0 Å². The highest BCUT2D eigenvalue weighted by Gasteiger charge is 2.30. The summed E-state index contributed by atoms with van der Waals surface area (Å²) in [4.78, 5) is 23.0. The van der Waals surface area contributed by atoms with E-state index in [9.17, 15) is 9.59 Å². The zero-order chi connectivity index (χ0) is 15.6. The molecule has 1 saturated carbocycles. The van der Waals surface area contributed by atoms with Crippen molar-refractivity contribution < 1.29 is 19.4 Å². The first-order valence-electron chi connectivity index (χ1n) is 6.85. The van der Waals surface area contributed by atoms with Crippen LogP contribution in [-0.2, 0) is 4.74 Å². The number of ether oxygens (including phenoxy) is 1. The molecule has 114 valence electrons. The Bertz CT molecular complexity index is 565. The van der Waals surface area contributed by atoms with Crippen LogP contribution in [0.3, 0.4) is 0 Å².